The highest BCUT2D eigenvalue weighted by atomic mass is 35.5. The molecule has 9 heteroatoms. The molecule has 0 heterocycles. The highest BCUT2D eigenvalue weighted by Gasteiger charge is 2.38. The molecule has 0 bridgehead atoms. The van der Waals surface area contributed by atoms with Crippen LogP contribution in [0, 0.1) is 0 Å². The van der Waals surface area contributed by atoms with Crippen LogP contribution in [0.5, 0.6) is 0 Å². The molecule has 0 unspecified atom stereocenters. The van der Waals surface area contributed by atoms with Crippen LogP contribution in [0.4, 0.5) is 0 Å². The molecule has 2 rings (SSSR count). The maximum absolute atomic E-state index is 11.9. The second kappa shape index (κ2) is 16.9. The number of carboxylic acids is 2. The highest BCUT2D eigenvalue weighted by molar-refractivity contribution is 6.31. The number of carbonyl (C=O) groups is 4. The molecule has 0 spiro atoms. The molecule has 8 nitrogen and oxygen atoms in total. The molecule has 1 aromatic rings. The van der Waals surface area contributed by atoms with E-state index >= 15 is 0 Å². The molecule has 1 aromatic carbocycles. The Kier molecular flexibility index (Phi) is 16.6. The fraction of sp³-hybridized carbons (Fsp3) is 0.364. The Morgan fingerprint density at radius 3 is 2.13 bits per heavy atom. The molecule has 1 saturated carbocycles. The first-order chi connectivity index (χ1) is 14.6. The first kappa shape index (κ1) is 30.4. The summed E-state index contributed by atoms with van der Waals surface area (Å²) in [7, 11) is 0. The molecular weight excluding hydrogens is 424 g/mol. The summed E-state index contributed by atoms with van der Waals surface area (Å²) >= 11 is 6.08. The molecule has 172 valence electrons. The van der Waals surface area contributed by atoms with Crippen molar-refractivity contribution in [3.05, 3.63) is 60.2 Å². The summed E-state index contributed by atoms with van der Waals surface area (Å²) in [5, 5.41) is 16.9. The zero-order valence-electron chi connectivity index (χ0n) is 17.5. The third-order valence-corrected chi connectivity index (χ3v) is 4.56. The average molecular weight is 455 g/mol. The van der Waals surface area contributed by atoms with Gasteiger partial charge in [-0.1, -0.05) is 61.5 Å². The third kappa shape index (κ3) is 11.8. The smallest absolute Gasteiger partial charge is 0.320 e. The molecule has 1 aliphatic rings. The van der Waals surface area contributed by atoms with Crippen LogP contribution in [0.1, 0.15) is 44.1 Å². The van der Waals surface area contributed by atoms with E-state index in [1.54, 1.807) is 18.2 Å². The first-order valence-corrected chi connectivity index (χ1v) is 9.77. The average Bonchev–Trinajstić information content (AvgIpc) is 2.76. The van der Waals surface area contributed by atoms with Crippen molar-refractivity contribution in [3.8, 4) is 0 Å². The quantitative estimate of drug-likeness (QED) is 0.476. The standard InChI is InChI=1S/C12H14ClNO.C5H9NO4.C4H6.CH2O/c13-10-6-2-1-5-9(10)12(14)8-4-3-7-11(12)15;6-3(5(9)10)1-2-4(7)8;1-3-4-2;1-2/h1-2,5-6H,3-4,7-8,14H2;3H,1-2,6H2,(H,7,8)(H,9,10);3-4H,1-2H2;1H2/t12-;3-;;/m10../s1. The van der Waals surface area contributed by atoms with Gasteiger partial charge in [-0.05, 0) is 30.9 Å². The van der Waals surface area contributed by atoms with Gasteiger partial charge in [0.05, 0.1) is 0 Å². The number of hydrogen-bond acceptors (Lipinski definition) is 6. The van der Waals surface area contributed by atoms with Crippen LogP contribution in [0.3, 0.4) is 0 Å². The number of halogens is 1. The van der Waals surface area contributed by atoms with Gasteiger partial charge in [-0.2, -0.15) is 0 Å². The van der Waals surface area contributed by atoms with Gasteiger partial charge in [0.25, 0.3) is 0 Å². The second-order valence-corrected chi connectivity index (χ2v) is 6.84. The number of hydrogen-bond donors (Lipinski definition) is 4. The molecule has 2 atom stereocenters. The Morgan fingerprint density at radius 2 is 1.71 bits per heavy atom. The van der Waals surface area contributed by atoms with Crippen molar-refractivity contribution in [1.82, 2.24) is 0 Å². The SMILES string of the molecule is C=CC=C.C=O.N[C@@H](CCC(=O)O)C(=O)O.N[C@@]1(c2ccccc2Cl)CCCCC1=O. The molecule has 0 amide bonds. The summed E-state index contributed by atoms with van der Waals surface area (Å²) in [6.45, 7) is 8.72. The monoisotopic (exact) mass is 454 g/mol. The highest BCUT2D eigenvalue weighted by Crippen LogP contribution is 2.35. The van der Waals surface area contributed by atoms with Crippen molar-refractivity contribution < 1.29 is 29.4 Å². The van der Waals surface area contributed by atoms with E-state index in [-0.39, 0.29) is 18.6 Å². The Bertz CT molecular complexity index is 734. The molecular formula is C22H31ClN2O6. The summed E-state index contributed by atoms with van der Waals surface area (Å²) in [5.74, 6) is -2.08. The van der Waals surface area contributed by atoms with E-state index in [2.05, 4.69) is 13.2 Å². The van der Waals surface area contributed by atoms with Crippen molar-refractivity contribution in [1.29, 1.82) is 0 Å². The van der Waals surface area contributed by atoms with E-state index < -0.39 is 23.5 Å². The van der Waals surface area contributed by atoms with Gasteiger partial charge >= 0.3 is 11.9 Å². The number of allylic oxidation sites excluding steroid dienone is 2. The normalized spacial score (nSPS) is 17.7. The number of nitrogens with two attached hydrogens (primary N) is 2. The van der Waals surface area contributed by atoms with E-state index in [4.69, 9.17) is 38.1 Å². The van der Waals surface area contributed by atoms with Crippen LogP contribution in [0.15, 0.2) is 49.6 Å². The van der Waals surface area contributed by atoms with Gasteiger partial charge in [0, 0.05) is 17.9 Å². The fourth-order valence-electron chi connectivity index (χ4n) is 2.56. The van der Waals surface area contributed by atoms with Crippen molar-refractivity contribution >= 4 is 36.1 Å². The summed E-state index contributed by atoms with van der Waals surface area (Å²) in [5.41, 5.74) is 11.1. The van der Waals surface area contributed by atoms with E-state index in [9.17, 15) is 14.4 Å². The van der Waals surface area contributed by atoms with Gasteiger partial charge in [0.15, 0.2) is 5.78 Å². The Labute approximate surface area is 187 Å². The van der Waals surface area contributed by atoms with Crippen molar-refractivity contribution in [2.24, 2.45) is 11.5 Å². The minimum atomic E-state index is -1.17. The number of aliphatic carboxylic acids is 2. The lowest BCUT2D eigenvalue weighted by atomic mass is 9.76. The van der Waals surface area contributed by atoms with Crippen LogP contribution in [-0.2, 0) is 24.7 Å². The van der Waals surface area contributed by atoms with Crippen LogP contribution in [0.25, 0.3) is 0 Å². The molecule has 0 aromatic heterocycles. The van der Waals surface area contributed by atoms with E-state index in [1.807, 2.05) is 25.0 Å². The summed E-state index contributed by atoms with van der Waals surface area (Å²) in [6.07, 6.45) is 6.27. The predicted molar refractivity (Wildman–Crippen MR) is 121 cm³/mol. The van der Waals surface area contributed by atoms with Crippen LogP contribution in [-0.4, -0.2) is 40.8 Å². The third-order valence-electron chi connectivity index (χ3n) is 4.23. The number of ketones is 1. The number of Topliss-reactive ketones (excluding diaryl/α,β-unsaturated/α-hetero) is 1. The number of carboxylic acid groups (broad SMARTS) is 2. The Hall–Kier alpha value is -2.81. The summed E-state index contributed by atoms with van der Waals surface area (Å²) in [6, 6.07) is 6.30. The van der Waals surface area contributed by atoms with Gasteiger partial charge in [-0.25, -0.2) is 0 Å². The maximum Gasteiger partial charge on any atom is 0.320 e. The van der Waals surface area contributed by atoms with Gasteiger partial charge in [-0.15, -0.1) is 0 Å². The van der Waals surface area contributed by atoms with Crippen LogP contribution < -0.4 is 11.5 Å². The molecule has 0 radical (unpaired) electrons. The van der Waals surface area contributed by atoms with E-state index in [0.717, 1.165) is 18.4 Å². The van der Waals surface area contributed by atoms with Crippen molar-refractivity contribution in [2.45, 2.75) is 50.1 Å². The van der Waals surface area contributed by atoms with Crippen LogP contribution >= 0.6 is 11.6 Å². The number of carbonyl (C=O) groups excluding carboxylic acids is 2. The fourth-order valence-corrected chi connectivity index (χ4v) is 2.87. The molecule has 31 heavy (non-hydrogen) atoms. The molecule has 0 saturated heterocycles. The summed E-state index contributed by atoms with van der Waals surface area (Å²) < 4.78 is 0. The Morgan fingerprint density at radius 1 is 1.16 bits per heavy atom. The van der Waals surface area contributed by atoms with Gasteiger partial charge < -0.3 is 26.5 Å². The lowest BCUT2D eigenvalue weighted by molar-refractivity contribution is -0.140. The van der Waals surface area contributed by atoms with Gasteiger partial charge in [0.1, 0.15) is 18.4 Å². The first-order valence-electron chi connectivity index (χ1n) is 9.39. The van der Waals surface area contributed by atoms with Crippen molar-refractivity contribution in [2.75, 3.05) is 0 Å². The van der Waals surface area contributed by atoms with Crippen molar-refractivity contribution in [3.63, 3.8) is 0 Å². The number of benzene rings is 1. The summed E-state index contributed by atoms with van der Waals surface area (Å²) in [4.78, 5) is 39.8. The molecule has 1 fully saturated rings. The molecule has 0 aliphatic heterocycles. The van der Waals surface area contributed by atoms with E-state index in [1.165, 1.54) is 0 Å². The topological polar surface area (TPSA) is 161 Å². The minimum Gasteiger partial charge on any atom is -0.481 e. The lowest BCUT2D eigenvalue weighted by Crippen LogP contribution is -2.47. The zero-order chi connectivity index (χ0) is 24.4. The predicted octanol–water partition coefficient (Wildman–Crippen LogP) is 3.07. The Balaban J connectivity index is 0. The van der Waals surface area contributed by atoms with Crippen LogP contribution in [0.2, 0.25) is 5.02 Å². The molecule has 1 aliphatic carbocycles. The van der Waals surface area contributed by atoms with Gasteiger partial charge in [-0.3, -0.25) is 14.4 Å². The lowest BCUT2D eigenvalue weighted by Gasteiger charge is -2.32. The van der Waals surface area contributed by atoms with E-state index in [0.29, 0.717) is 17.9 Å². The van der Waals surface area contributed by atoms with Gasteiger partial charge in [0.2, 0.25) is 0 Å². The maximum atomic E-state index is 11.9. The number of rotatable bonds is 6. The molecule has 6 N–H and O–H groups in total. The largest absolute Gasteiger partial charge is 0.481 e. The zero-order valence-corrected chi connectivity index (χ0v) is 18.2. The second-order valence-electron chi connectivity index (χ2n) is 6.43. The minimum absolute atomic E-state index is 0.0231.